The molecule has 0 saturated carbocycles. The molecule has 0 aliphatic heterocycles. The zero-order chi connectivity index (χ0) is 17.7. The Hall–Kier alpha value is -2.70. The Labute approximate surface area is 136 Å². The topological polar surface area (TPSA) is 44.8 Å². The van der Waals surface area contributed by atoms with Crippen LogP contribution in [0.15, 0.2) is 42.5 Å². The minimum Gasteiger partial charge on any atom is -0.497 e. The molecule has 0 N–H and O–H groups in total. The maximum atomic E-state index is 12.7. The van der Waals surface area contributed by atoms with Gasteiger partial charge >= 0.3 is 12.1 Å². The van der Waals surface area contributed by atoms with E-state index < -0.39 is 17.7 Å². The Kier molecular flexibility index (Phi) is 5.33. The van der Waals surface area contributed by atoms with Crippen molar-refractivity contribution in [1.29, 1.82) is 0 Å². The van der Waals surface area contributed by atoms with Crippen molar-refractivity contribution in [3.8, 4) is 11.5 Å². The molecule has 24 heavy (non-hydrogen) atoms. The van der Waals surface area contributed by atoms with Crippen LogP contribution in [0.1, 0.15) is 21.5 Å². The normalized spacial score (nSPS) is 11.0. The molecule has 0 fully saturated rings. The molecular formula is C17H15F3O4. The number of halogens is 3. The van der Waals surface area contributed by atoms with Crippen LogP contribution in [-0.4, -0.2) is 20.2 Å². The number of rotatable bonds is 5. The summed E-state index contributed by atoms with van der Waals surface area (Å²) in [7, 11) is 2.67. The van der Waals surface area contributed by atoms with E-state index in [2.05, 4.69) is 4.74 Å². The summed E-state index contributed by atoms with van der Waals surface area (Å²) < 4.78 is 53.4. The van der Waals surface area contributed by atoms with Crippen LogP contribution in [0.3, 0.4) is 0 Å². The molecule has 2 aromatic carbocycles. The van der Waals surface area contributed by atoms with Crippen molar-refractivity contribution in [3.63, 3.8) is 0 Å². The molecule has 0 saturated heterocycles. The van der Waals surface area contributed by atoms with E-state index in [9.17, 15) is 18.0 Å². The third kappa shape index (κ3) is 4.18. The van der Waals surface area contributed by atoms with Gasteiger partial charge in [0.15, 0.2) is 0 Å². The molecule has 2 rings (SSSR count). The minimum absolute atomic E-state index is 0.138. The third-order valence-corrected chi connectivity index (χ3v) is 3.24. The van der Waals surface area contributed by atoms with Gasteiger partial charge in [0, 0.05) is 6.07 Å². The van der Waals surface area contributed by atoms with Gasteiger partial charge in [0.05, 0.1) is 19.8 Å². The lowest BCUT2D eigenvalue weighted by Crippen LogP contribution is -2.08. The van der Waals surface area contributed by atoms with Crippen molar-refractivity contribution in [2.45, 2.75) is 12.8 Å². The molecule has 0 spiro atoms. The summed E-state index contributed by atoms with van der Waals surface area (Å²) in [5.41, 5.74) is -0.281. The maximum Gasteiger partial charge on any atom is 0.416 e. The number of hydrogen-bond acceptors (Lipinski definition) is 4. The average Bonchev–Trinajstić information content (AvgIpc) is 2.58. The quantitative estimate of drug-likeness (QED) is 0.770. The van der Waals surface area contributed by atoms with Gasteiger partial charge in [-0.15, -0.1) is 0 Å². The lowest BCUT2D eigenvalue weighted by atomic mass is 10.1. The van der Waals surface area contributed by atoms with Gasteiger partial charge in [0.2, 0.25) is 0 Å². The fourth-order valence-corrected chi connectivity index (χ4v) is 2.03. The van der Waals surface area contributed by atoms with Crippen LogP contribution < -0.4 is 9.47 Å². The highest BCUT2D eigenvalue weighted by molar-refractivity contribution is 5.92. The van der Waals surface area contributed by atoms with Crippen molar-refractivity contribution in [1.82, 2.24) is 0 Å². The monoisotopic (exact) mass is 340 g/mol. The number of alkyl halides is 3. The predicted molar refractivity (Wildman–Crippen MR) is 80.1 cm³/mol. The number of esters is 1. The van der Waals surface area contributed by atoms with E-state index in [1.165, 1.54) is 38.5 Å². The summed E-state index contributed by atoms with van der Waals surface area (Å²) in [5, 5.41) is 0. The number of carbonyl (C=O) groups excluding carboxylic acids is 1. The SMILES string of the molecule is COC(=O)c1ccc(OC)cc1OCc1cccc(C(F)(F)F)c1. The van der Waals surface area contributed by atoms with Crippen LogP contribution in [0.5, 0.6) is 11.5 Å². The molecule has 0 aliphatic carbocycles. The third-order valence-electron chi connectivity index (χ3n) is 3.24. The number of benzene rings is 2. The van der Waals surface area contributed by atoms with Crippen LogP contribution in [0.4, 0.5) is 13.2 Å². The van der Waals surface area contributed by atoms with E-state index in [1.807, 2.05) is 0 Å². The molecule has 0 atom stereocenters. The fraction of sp³-hybridized carbons (Fsp3) is 0.235. The van der Waals surface area contributed by atoms with Gasteiger partial charge < -0.3 is 14.2 Å². The number of ether oxygens (including phenoxy) is 3. The van der Waals surface area contributed by atoms with Gasteiger partial charge in [-0.05, 0) is 29.8 Å². The Morgan fingerprint density at radius 2 is 1.83 bits per heavy atom. The van der Waals surface area contributed by atoms with Gasteiger partial charge in [-0.2, -0.15) is 13.2 Å². The largest absolute Gasteiger partial charge is 0.497 e. The Morgan fingerprint density at radius 3 is 2.46 bits per heavy atom. The second-order valence-electron chi connectivity index (χ2n) is 4.84. The molecule has 4 nitrogen and oxygen atoms in total. The standard InChI is InChI=1S/C17H15F3O4/c1-22-13-6-7-14(16(21)23-2)15(9-13)24-10-11-4-3-5-12(8-11)17(18,19)20/h3-9H,10H2,1-2H3. The van der Waals surface area contributed by atoms with Gasteiger partial charge in [0.1, 0.15) is 23.7 Å². The summed E-state index contributed by atoms with van der Waals surface area (Å²) in [6, 6.07) is 9.28. The van der Waals surface area contributed by atoms with Crippen LogP contribution in [0.25, 0.3) is 0 Å². The molecular weight excluding hydrogens is 325 g/mol. The number of carbonyl (C=O) groups is 1. The predicted octanol–water partition coefficient (Wildman–Crippen LogP) is 4.08. The van der Waals surface area contributed by atoms with Crippen molar-refractivity contribution < 1.29 is 32.2 Å². The molecule has 0 aliphatic rings. The van der Waals surface area contributed by atoms with Crippen molar-refractivity contribution in [2.75, 3.05) is 14.2 Å². The van der Waals surface area contributed by atoms with Crippen LogP contribution in [0, 0.1) is 0 Å². The van der Waals surface area contributed by atoms with Crippen molar-refractivity contribution in [2.24, 2.45) is 0 Å². The molecule has 2 aromatic rings. The van der Waals surface area contributed by atoms with E-state index in [1.54, 1.807) is 6.07 Å². The maximum absolute atomic E-state index is 12.7. The van der Waals surface area contributed by atoms with E-state index >= 15 is 0 Å². The fourth-order valence-electron chi connectivity index (χ4n) is 2.03. The second kappa shape index (κ2) is 7.25. The summed E-state index contributed by atoms with van der Waals surface area (Å²) in [6.45, 7) is -0.138. The lowest BCUT2D eigenvalue weighted by Gasteiger charge is -2.13. The van der Waals surface area contributed by atoms with Crippen LogP contribution >= 0.6 is 0 Å². The van der Waals surface area contributed by atoms with Gasteiger partial charge in [0.25, 0.3) is 0 Å². The summed E-state index contributed by atoms with van der Waals surface area (Å²) in [4.78, 5) is 11.7. The highest BCUT2D eigenvalue weighted by atomic mass is 19.4. The first-order valence-electron chi connectivity index (χ1n) is 6.90. The van der Waals surface area contributed by atoms with Crippen molar-refractivity contribution in [3.05, 3.63) is 59.2 Å². The lowest BCUT2D eigenvalue weighted by molar-refractivity contribution is -0.137. The smallest absolute Gasteiger partial charge is 0.416 e. The van der Waals surface area contributed by atoms with Gasteiger partial charge in [-0.25, -0.2) is 4.79 Å². The van der Waals surface area contributed by atoms with E-state index in [4.69, 9.17) is 9.47 Å². The van der Waals surface area contributed by atoms with E-state index in [0.29, 0.717) is 11.3 Å². The first-order valence-corrected chi connectivity index (χ1v) is 6.90. The molecule has 0 bridgehead atoms. The van der Waals surface area contributed by atoms with E-state index in [-0.39, 0.29) is 17.9 Å². The molecule has 0 heterocycles. The summed E-state index contributed by atoms with van der Waals surface area (Å²) in [6.07, 6.45) is -4.43. The van der Waals surface area contributed by atoms with E-state index in [0.717, 1.165) is 12.1 Å². The molecule has 7 heteroatoms. The first-order chi connectivity index (χ1) is 11.3. The zero-order valence-electron chi connectivity index (χ0n) is 13.0. The molecule has 0 amide bonds. The Bertz CT molecular complexity index is 726. The molecule has 0 aromatic heterocycles. The highest BCUT2D eigenvalue weighted by Gasteiger charge is 2.30. The number of methoxy groups -OCH3 is 2. The highest BCUT2D eigenvalue weighted by Crippen LogP contribution is 2.30. The summed E-state index contributed by atoms with van der Waals surface area (Å²) >= 11 is 0. The number of hydrogen-bond donors (Lipinski definition) is 0. The van der Waals surface area contributed by atoms with Gasteiger partial charge in [-0.3, -0.25) is 0 Å². The Balaban J connectivity index is 2.24. The average molecular weight is 340 g/mol. The molecule has 0 unspecified atom stereocenters. The van der Waals surface area contributed by atoms with Crippen molar-refractivity contribution >= 4 is 5.97 Å². The van der Waals surface area contributed by atoms with Gasteiger partial charge in [-0.1, -0.05) is 12.1 Å². The van der Waals surface area contributed by atoms with Crippen LogP contribution in [0.2, 0.25) is 0 Å². The summed E-state index contributed by atoms with van der Waals surface area (Å²) in [5.74, 6) is -0.00278. The first kappa shape index (κ1) is 17.7. The minimum atomic E-state index is -4.43. The molecule has 128 valence electrons. The second-order valence-corrected chi connectivity index (χ2v) is 4.84. The van der Waals surface area contributed by atoms with Crippen LogP contribution in [-0.2, 0) is 17.5 Å². The molecule has 0 radical (unpaired) electrons. The zero-order valence-corrected chi connectivity index (χ0v) is 13.0. The Morgan fingerprint density at radius 1 is 1.08 bits per heavy atom.